The molecule has 2 N–H and O–H groups in total. The van der Waals surface area contributed by atoms with Crippen molar-refractivity contribution < 1.29 is 19.1 Å². The van der Waals surface area contributed by atoms with Crippen molar-refractivity contribution in [1.82, 2.24) is 10.6 Å². The van der Waals surface area contributed by atoms with E-state index < -0.39 is 23.9 Å². The van der Waals surface area contributed by atoms with Crippen molar-refractivity contribution in [3.05, 3.63) is 47.4 Å². The van der Waals surface area contributed by atoms with Crippen LogP contribution in [0.5, 0.6) is 0 Å². The van der Waals surface area contributed by atoms with Crippen molar-refractivity contribution in [2.45, 2.75) is 6.04 Å². The number of rotatable bonds is 2. The topological polar surface area (TPSA) is 81.3 Å². The van der Waals surface area contributed by atoms with Gasteiger partial charge in [-0.15, -0.1) is 0 Å². The van der Waals surface area contributed by atoms with Crippen LogP contribution in [0.1, 0.15) is 11.6 Å². The minimum Gasteiger partial charge on any atom is -0.543 e. The summed E-state index contributed by atoms with van der Waals surface area (Å²) in [6, 6.07) is 4.15. The molecule has 1 atom stereocenters. The van der Waals surface area contributed by atoms with Crippen molar-refractivity contribution in [3.8, 4) is 0 Å². The molecule has 0 saturated heterocycles. The Hall–Kier alpha value is -2.37. The lowest BCUT2D eigenvalue weighted by atomic mass is 10.0. The summed E-state index contributed by atoms with van der Waals surface area (Å²) in [5, 5.41) is 15.2. The van der Waals surface area contributed by atoms with E-state index in [-0.39, 0.29) is 5.70 Å². The zero-order valence-electron chi connectivity index (χ0n) is 8.57. The van der Waals surface area contributed by atoms with Crippen LogP contribution in [0.15, 0.2) is 36.0 Å². The predicted molar refractivity (Wildman–Crippen MR) is 53.9 cm³/mol. The lowest BCUT2D eigenvalue weighted by Gasteiger charge is -2.24. The molecule has 0 spiro atoms. The fourth-order valence-electron chi connectivity index (χ4n) is 1.52. The summed E-state index contributed by atoms with van der Waals surface area (Å²) in [6.45, 7) is 0. The van der Waals surface area contributed by atoms with Crippen molar-refractivity contribution >= 4 is 12.0 Å². The number of hydrogen-bond donors (Lipinski definition) is 2. The van der Waals surface area contributed by atoms with Crippen LogP contribution in [0.4, 0.5) is 9.18 Å². The van der Waals surface area contributed by atoms with Crippen LogP contribution < -0.4 is 15.7 Å². The van der Waals surface area contributed by atoms with Gasteiger partial charge in [0.05, 0.1) is 17.7 Å². The van der Waals surface area contributed by atoms with Gasteiger partial charge in [-0.05, 0) is 23.8 Å². The smallest absolute Gasteiger partial charge is 0.320 e. The standard InChI is InChI=1S/C11H9FN2O3/c12-7-3-1-6(2-4-7)8-5-9(10(15)16)14-11(17)13-8/h1-5,8H,(H,15,16)(H2,13,14,17)/p-1/t8-/m1/s1. The lowest BCUT2D eigenvalue weighted by Crippen LogP contribution is -2.46. The third kappa shape index (κ3) is 2.41. The Bertz CT molecular complexity index is 496. The number of hydrogen-bond acceptors (Lipinski definition) is 3. The van der Waals surface area contributed by atoms with E-state index in [0.717, 1.165) is 0 Å². The maximum Gasteiger partial charge on any atom is 0.320 e. The van der Waals surface area contributed by atoms with Crippen molar-refractivity contribution in [3.63, 3.8) is 0 Å². The molecule has 0 unspecified atom stereocenters. The molecule has 0 aromatic heterocycles. The normalized spacial score (nSPS) is 19.0. The molecule has 1 aromatic rings. The number of carboxylic acid groups (broad SMARTS) is 1. The van der Waals surface area contributed by atoms with Crippen LogP contribution >= 0.6 is 0 Å². The molecule has 2 rings (SSSR count). The summed E-state index contributed by atoms with van der Waals surface area (Å²) < 4.78 is 12.7. The van der Waals surface area contributed by atoms with Crippen molar-refractivity contribution in [2.24, 2.45) is 0 Å². The van der Waals surface area contributed by atoms with Gasteiger partial charge in [-0.1, -0.05) is 12.1 Å². The maximum atomic E-state index is 12.7. The number of halogens is 1. The van der Waals surface area contributed by atoms with Gasteiger partial charge in [-0.3, -0.25) is 0 Å². The van der Waals surface area contributed by atoms with E-state index in [1.807, 2.05) is 0 Å². The highest BCUT2D eigenvalue weighted by Crippen LogP contribution is 2.18. The maximum absolute atomic E-state index is 12.7. The molecule has 1 aliphatic rings. The molecule has 2 amide bonds. The van der Waals surface area contributed by atoms with Gasteiger partial charge in [-0.25, -0.2) is 9.18 Å². The number of carboxylic acids is 1. The molecular formula is C11H8FN2O3-. The summed E-state index contributed by atoms with van der Waals surface area (Å²) in [7, 11) is 0. The van der Waals surface area contributed by atoms with Gasteiger partial charge in [0.2, 0.25) is 0 Å². The molecule has 0 saturated carbocycles. The summed E-state index contributed by atoms with van der Waals surface area (Å²) in [5.74, 6) is -1.87. The highest BCUT2D eigenvalue weighted by molar-refractivity contribution is 5.92. The Kier molecular flexibility index (Phi) is 2.78. The van der Waals surface area contributed by atoms with Gasteiger partial charge in [0, 0.05) is 0 Å². The Balaban J connectivity index is 2.32. The Labute approximate surface area is 95.9 Å². The van der Waals surface area contributed by atoms with Crippen LogP contribution in [0.2, 0.25) is 0 Å². The minimum atomic E-state index is -1.47. The van der Waals surface area contributed by atoms with Crippen molar-refractivity contribution in [2.75, 3.05) is 0 Å². The summed E-state index contributed by atoms with van der Waals surface area (Å²) in [5.41, 5.74) is 0.281. The molecule has 1 aromatic carbocycles. The molecule has 6 heteroatoms. The second-order valence-electron chi connectivity index (χ2n) is 3.50. The van der Waals surface area contributed by atoms with Gasteiger partial charge in [0.25, 0.3) is 0 Å². The minimum absolute atomic E-state index is 0.303. The number of amides is 2. The summed E-state index contributed by atoms with van der Waals surface area (Å²) in [4.78, 5) is 21.8. The fourth-order valence-corrected chi connectivity index (χ4v) is 1.52. The van der Waals surface area contributed by atoms with E-state index in [1.54, 1.807) is 0 Å². The average molecular weight is 235 g/mol. The van der Waals surface area contributed by atoms with E-state index in [2.05, 4.69) is 10.6 Å². The third-order valence-corrected chi connectivity index (χ3v) is 2.32. The van der Waals surface area contributed by atoms with Gasteiger partial charge in [0.1, 0.15) is 5.82 Å². The molecule has 0 fully saturated rings. The highest BCUT2D eigenvalue weighted by Gasteiger charge is 2.19. The summed E-state index contributed by atoms with van der Waals surface area (Å²) >= 11 is 0. The molecular weight excluding hydrogens is 227 g/mol. The molecule has 17 heavy (non-hydrogen) atoms. The lowest BCUT2D eigenvalue weighted by molar-refractivity contribution is -0.299. The first-order chi connectivity index (χ1) is 8.06. The van der Waals surface area contributed by atoms with E-state index in [1.165, 1.54) is 30.3 Å². The van der Waals surface area contributed by atoms with Gasteiger partial charge >= 0.3 is 6.03 Å². The molecule has 5 nitrogen and oxygen atoms in total. The van der Waals surface area contributed by atoms with Crippen LogP contribution in [-0.4, -0.2) is 12.0 Å². The SMILES string of the molecule is O=C1NC(C(=O)[O-])=C[C@H](c2ccc(F)cc2)N1. The second kappa shape index (κ2) is 4.25. The molecule has 88 valence electrons. The first kappa shape index (κ1) is 11.1. The van der Waals surface area contributed by atoms with E-state index in [0.29, 0.717) is 5.56 Å². The van der Waals surface area contributed by atoms with E-state index >= 15 is 0 Å². The molecule has 0 radical (unpaired) electrons. The second-order valence-corrected chi connectivity index (χ2v) is 3.50. The van der Waals surface area contributed by atoms with E-state index in [4.69, 9.17) is 0 Å². The van der Waals surface area contributed by atoms with Crippen LogP contribution in [0, 0.1) is 5.82 Å². The zero-order chi connectivity index (χ0) is 12.4. The van der Waals surface area contributed by atoms with Crippen LogP contribution in [-0.2, 0) is 4.79 Å². The Morgan fingerprint density at radius 1 is 1.29 bits per heavy atom. The number of carbonyl (C=O) groups is 2. The quantitative estimate of drug-likeness (QED) is 0.745. The number of urea groups is 1. The van der Waals surface area contributed by atoms with Gasteiger partial charge in [-0.2, -0.15) is 0 Å². The number of aliphatic carboxylic acids is 1. The number of benzene rings is 1. The zero-order valence-corrected chi connectivity index (χ0v) is 8.57. The van der Waals surface area contributed by atoms with E-state index in [9.17, 15) is 19.1 Å². The average Bonchev–Trinajstić information content (AvgIpc) is 2.29. The monoisotopic (exact) mass is 235 g/mol. The van der Waals surface area contributed by atoms with Crippen LogP contribution in [0.25, 0.3) is 0 Å². The third-order valence-electron chi connectivity index (χ3n) is 2.32. The first-order valence-electron chi connectivity index (χ1n) is 4.82. The Morgan fingerprint density at radius 2 is 1.94 bits per heavy atom. The first-order valence-corrected chi connectivity index (χ1v) is 4.82. The summed E-state index contributed by atoms with van der Waals surface area (Å²) in [6.07, 6.45) is 1.30. The van der Waals surface area contributed by atoms with Gasteiger partial charge < -0.3 is 20.5 Å². The fraction of sp³-hybridized carbons (Fsp3) is 0.0909. The number of carbonyl (C=O) groups excluding carboxylic acids is 2. The Morgan fingerprint density at radius 3 is 2.53 bits per heavy atom. The molecule has 0 aliphatic carbocycles. The predicted octanol–water partition coefficient (Wildman–Crippen LogP) is -0.187. The van der Waals surface area contributed by atoms with Gasteiger partial charge in [0.15, 0.2) is 0 Å². The molecule has 1 heterocycles. The molecule has 1 aliphatic heterocycles. The highest BCUT2D eigenvalue weighted by atomic mass is 19.1. The van der Waals surface area contributed by atoms with Crippen molar-refractivity contribution in [1.29, 1.82) is 0 Å². The number of nitrogens with one attached hydrogen (secondary N) is 2. The molecule has 0 bridgehead atoms. The van der Waals surface area contributed by atoms with Crippen LogP contribution in [0.3, 0.4) is 0 Å². The largest absolute Gasteiger partial charge is 0.543 e.